The summed E-state index contributed by atoms with van der Waals surface area (Å²) in [5.74, 6) is 2.46. The van der Waals surface area contributed by atoms with Crippen molar-refractivity contribution in [3.63, 3.8) is 0 Å². The molecule has 13 aromatic rings. The third kappa shape index (κ3) is 5.69. The summed E-state index contributed by atoms with van der Waals surface area (Å²) in [6.07, 6.45) is 0. The van der Waals surface area contributed by atoms with Crippen LogP contribution in [0, 0.1) is 0 Å². The van der Waals surface area contributed by atoms with E-state index in [4.69, 9.17) is 29.3 Å². The van der Waals surface area contributed by atoms with Crippen molar-refractivity contribution in [2.45, 2.75) is 0 Å². The van der Waals surface area contributed by atoms with Crippen molar-refractivity contribution in [3.8, 4) is 62.5 Å². The first-order valence-electron chi connectivity index (χ1n) is 20.8. The fraction of sp³-hybridized carbons (Fsp3) is 0. The molecule has 5 heterocycles. The van der Waals surface area contributed by atoms with Crippen LogP contribution in [0.15, 0.2) is 199 Å². The van der Waals surface area contributed by atoms with Crippen molar-refractivity contribution >= 4 is 75.4 Å². The molecule has 7 nitrogen and oxygen atoms in total. The average molecular weight is 825 g/mol. The standard InChI is InChI=1S/C55H32N6OS/c1-4-16-33(17-5-1)48-50-49(39-23-11-13-28-45(39)62-50)57-54(56-48)41-25-15-29-46-47(41)40-24-14-26-42(51(40)63-46)55-59-52(34-18-6-2-7-19-34)58-53(60-55)35-30-31-38-37-22-10-12-27-43(37)61(44(38)32-35)36-20-8-3-9-21-36/h1-32H. The number of hydrogen-bond acceptors (Lipinski definition) is 7. The molecule has 5 aromatic heterocycles. The van der Waals surface area contributed by atoms with Crippen LogP contribution in [0.4, 0.5) is 0 Å². The summed E-state index contributed by atoms with van der Waals surface area (Å²) in [7, 11) is 0. The normalized spacial score (nSPS) is 11.8. The van der Waals surface area contributed by atoms with E-state index < -0.39 is 0 Å². The van der Waals surface area contributed by atoms with Crippen LogP contribution in [0.1, 0.15) is 0 Å². The second kappa shape index (κ2) is 14.1. The molecule has 0 saturated carbocycles. The lowest BCUT2D eigenvalue weighted by Crippen LogP contribution is -2.00. The lowest BCUT2D eigenvalue weighted by atomic mass is 10.0. The van der Waals surface area contributed by atoms with Crippen molar-refractivity contribution in [1.29, 1.82) is 0 Å². The van der Waals surface area contributed by atoms with E-state index in [1.54, 1.807) is 11.3 Å². The summed E-state index contributed by atoms with van der Waals surface area (Å²) in [6, 6.07) is 66.8. The molecule has 8 aromatic carbocycles. The molecule has 0 saturated heterocycles. The number of furan rings is 1. The molecule has 0 aliphatic rings. The summed E-state index contributed by atoms with van der Waals surface area (Å²) in [5.41, 5.74) is 11.0. The highest BCUT2D eigenvalue weighted by molar-refractivity contribution is 7.26. The van der Waals surface area contributed by atoms with Gasteiger partial charge in [-0.15, -0.1) is 11.3 Å². The van der Waals surface area contributed by atoms with E-state index in [9.17, 15) is 0 Å². The predicted molar refractivity (Wildman–Crippen MR) is 257 cm³/mol. The lowest BCUT2D eigenvalue weighted by molar-refractivity contribution is 0.667. The van der Waals surface area contributed by atoms with E-state index in [0.29, 0.717) is 28.9 Å². The van der Waals surface area contributed by atoms with Crippen LogP contribution in [-0.4, -0.2) is 29.5 Å². The molecule has 8 heteroatoms. The van der Waals surface area contributed by atoms with Gasteiger partial charge < -0.3 is 8.98 Å². The van der Waals surface area contributed by atoms with Crippen molar-refractivity contribution < 1.29 is 4.42 Å². The molecule has 63 heavy (non-hydrogen) atoms. The highest BCUT2D eigenvalue weighted by Gasteiger charge is 2.23. The van der Waals surface area contributed by atoms with Gasteiger partial charge in [0.25, 0.3) is 0 Å². The number of fused-ring (bicyclic) bond motifs is 9. The van der Waals surface area contributed by atoms with Crippen LogP contribution >= 0.6 is 11.3 Å². The lowest BCUT2D eigenvalue weighted by Gasteiger charge is -2.11. The minimum Gasteiger partial charge on any atom is -0.452 e. The number of hydrogen-bond donors (Lipinski definition) is 0. The summed E-state index contributed by atoms with van der Waals surface area (Å²) in [4.78, 5) is 26.2. The molecule has 0 amide bonds. The zero-order valence-corrected chi connectivity index (χ0v) is 34.3. The topological polar surface area (TPSA) is 82.5 Å². The van der Waals surface area contributed by atoms with Crippen LogP contribution < -0.4 is 0 Å². The van der Waals surface area contributed by atoms with Crippen molar-refractivity contribution in [2.75, 3.05) is 0 Å². The third-order valence-corrected chi connectivity index (χ3v) is 13.1. The number of rotatable bonds is 6. The van der Waals surface area contributed by atoms with E-state index in [2.05, 4.69) is 144 Å². The molecular formula is C55H32N6OS. The molecule has 0 fully saturated rings. The minimum absolute atomic E-state index is 0.604. The van der Waals surface area contributed by atoms with E-state index in [-0.39, 0.29) is 0 Å². The summed E-state index contributed by atoms with van der Waals surface area (Å²) >= 11 is 1.73. The van der Waals surface area contributed by atoms with E-state index in [1.165, 1.54) is 10.8 Å². The van der Waals surface area contributed by atoms with Gasteiger partial charge in [0.2, 0.25) is 0 Å². The molecule has 0 aliphatic carbocycles. The fourth-order valence-corrected chi connectivity index (χ4v) is 10.3. The SMILES string of the molecule is c1ccc(-c2nc(-c3ccc4c5ccccc5n(-c5ccccc5)c4c3)nc(-c3cccc4c3sc3cccc(-c5nc(-c6ccccc6)c6oc7ccccc7c6n5)c34)n2)cc1. The Bertz CT molecular complexity index is 3910. The van der Waals surface area contributed by atoms with Crippen LogP contribution in [0.25, 0.3) is 127 Å². The van der Waals surface area contributed by atoms with Gasteiger partial charge in [-0.1, -0.05) is 146 Å². The second-order valence-corrected chi connectivity index (χ2v) is 16.6. The second-order valence-electron chi connectivity index (χ2n) is 15.6. The Labute approximate surface area is 364 Å². The quantitative estimate of drug-likeness (QED) is 0.166. The minimum atomic E-state index is 0.604. The first kappa shape index (κ1) is 35.4. The number of para-hydroxylation sites is 3. The van der Waals surface area contributed by atoms with E-state index >= 15 is 0 Å². The number of aromatic nitrogens is 6. The van der Waals surface area contributed by atoms with Crippen LogP contribution in [0.5, 0.6) is 0 Å². The van der Waals surface area contributed by atoms with Gasteiger partial charge in [-0.25, -0.2) is 24.9 Å². The zero-order chi connectivity index (χ0) is 41.4. The monoisotopic (exact) mass is 824 g/mol. The van der Waals surface area contributed by atoms with Crippen molar-refractivity contribution in [1.82, 2.24) is 29.5 Å². The Morgan fingerprint density at radius 1 is 0.413 bits per heavy atom. The van der Waals surface area contributed by atoms with Gasteiger partial charge in [0.15, 0.2) is 28.9 Å². The van der Waals surface area contributed by atoms with Gasteiger partial charge in [-0.3, -0.25) is 0 Å². The molecule has 294 valence electrons. The third-order valence-electron chi connectivity index (χ3n) is 11.9. The Balaban J connectivity index is 1.02. The summed E-state index contributed by atoms with van der Waals surface area (Å²) in [6.45, 7) is 0. The molecular weight excluding hydrogens is 793 g/mol. The number of thiophene rings is 1. The Kier molecular flexibility index (Phi) is 7.94. The van der Waals surface area contributed by atoms with Crippen LogP contribution in [0.2, 0.25) is 0 Å². The Morgan fingerprint density at radius 3 is 1.86 bits per heavy atom. The number of nitrogens with zero attached hydrogens (tertiary/aromatic N) is 6. The maximum atomic E-state index is 6.44. The molecule has 0 bridgehead atoms. The average Bonchev–Trinajstić information content (AvgIpc) is 4.04. The van der Waals surface area contributed by atoms with E-state index in [1.807, 2.05) is 54.6 Å². The first-order valence-corrected chi connectivity index (χ1v) is 21.7. The fourth-order valence-electron chi connectivity index (χ4n) is 9.02. The van der Waals surface area contributed by atoms with Gasteiger partial charge in [0.1, 0.15) is 16.8 Å². The van der Waals surface area contributed by atoms with Gasteiger partial charge in [-0.2, -0.15) is 0 Å². The first-order chi connectivity index (χ1) is 31.2. The zero-order valence-electron chi connectivity index (χ0n) is 33.5. The Morgan fingerprint density at radius 2 is 1.03 bits per heavy atom. The highest BCUT2D eigenvalue weighted by atomic mass is 32.1. The van der Waals surface area contributed by atoms with Gasteiger partial charge in [-0.05, 0) is 48.5 Å². The molecule has 0 radical (unpaired) electrons. The summed E-state index contributed by atoms with van der Waals surface area (Å²) < 4.78 is 11.0. The molecule has 0 unspecified atom stereocenters. The predicted octanol–water partition coefficient (Wildman–Crippen LogP) is 14.4. The van der Waals surface area contributed by atoms with Gasteiger partial charge in [0.05, 0.1) is 11.0 Å². The van der Waals surface area contributed by atoms with Crippen LogP contribution in [-0.2, 0) is 0 Å². The molecule has 0 spiro atoms. The van der Waals surface area contributed by atoms with Gasteiger partial charge in [0, 0.05) is 69.8 Å². The van der Waals surface area contributed by atoms with Crippen LogP contribution in [0.3, 0.4) is 0 Å². The molecule has 0 atom stereocenters. The smallest absolute Gasteiger partial charge is 0.180 e. The Hall–Kier alpha value is -8.33. The highest BCUT2D eigenvalue weighted by Crippen LogP contribution is 2.45. The molecule has 13 rings (SSSR count). The maximum absolute atomic E-state index is 6.44. The molecule has 0 N–H and O–H groups in total. The molecule has 0 aliphatic heterocycles. The van der Waals surface area contributed by atoms with Crippen molar-refractivity contribution in [3.05, 3.63) is 194 Å². The summed E-state index contributed by atoms with van der Waals surface area (Å²) in [5, 5.41) is 5.49. The largest absolute Gasteiger partial charge is 0.452 e. The van der Waals surface area contributed by atoms with E-state index in [0.717, 1.165) is 86.9 Å². The number of benzene rings is 8. The van der Waals surface area contributed by atoms with Gasteiger partial charge >= 0.3 is 0 Å². The van der Waals surface area contributed by atoms with Crippen molar-refractivity contribution in [2.24, 2.45) is 0 Å². The maximum Gasteiger partial charge on any atom is 0.180 e.